The third-order valence-corrected chi connectivity index (χ3v) is 2.78. The topological polar surface area (TPSA) is 12.4 Å². The van der Waals surface area contributed by atoms with E-state index < -0.39 is 0 Å². The van der Waals surface area contributed by atoms with Crippen molar-refractivity contribution in [2.45, 2.75) is 19.4 Å². The van der Waals surface area contributed by atoms with Crippen molar-refractivity contribution in [3.63, 3.8) is 0 Å². The van der Waals surface area contributed by atoms with E-state index in [0.717, 1.165) is 6.42 Å². The second-order valence-corrected chi connectivity index (χ2v) is 4.11. The minimum atomic E-state index is 0.236. The Balaban J connectivity index is 1.93. The van der Waals surface area contributed by atoms with Crippen LogP contribution in [0.25, 0.3) is 0 Å². The van der Waals surface area contributed by atoms with Crippen LogP contribution < -0.4 is 0 Å². The van der Waals surface area contributed by atoms with E-state index >= 15 is 0 Å². The molecule has 0 amide bonds. The van der Waals surface area contributed by atoms with Gasteiger partial charge in [0.05, 0.1) is 6.04 Å². The van der Waals surface area contributed by atoms with Gasteiger partial charge in [-0.25, -0.2) is 0 Å². The van der Waals surface area contributed by atoms with E-state index in [1.54, 1.807) is 0 Å². The van der Waals surface area contributed by atoms with Gasteiger partial charge in [-0.3, -0.25) is 4.99 Å². The van der Waals surface area contributed by atoms with Gasteiger partial charge in [-0.2, -0.15) is 0 Å². The molecule has 17 heavy (non-hydrogen) atoms. The number of hydrogen-bond acceptors (Lipinski definition) is 1. The van der Waals surface area contributed by atoms with Gasteiger partial charge in [0.15, 0.2) is 0 Å². The van der Waals surface area contributed by atoms with Gasteiger partial charge < -0.3 is 0 Å². The highest BCUT2D eigenvalue weighted by Gasteiger charge is 1.99. The molecule has 0 aliphatic heterocycles. The molecule has 0 bridgehead atoms. The molecule has 1 nitrogen and oxygen atoms in total. The van der Waals surface area contributed by atoms with Crippen molar-refractivity contribution in [3.8, 4) is 0 Å². The van der Waals surface area contributed by atoms with Crippen LogP contribution in [0.5, 0.6) is 0 Å². The van der Waals surface area contributed by atoms with E-state index in [-0.39, 0.29) is 6.04 Å². The van der Waals surface area contributed by atoms with Gasteiger partial charge in [-0.1, -0.05) is 60.7 Å². The molecule has 2 aromatic rings. The van der Waals surface area contributed by atoms with Crippen LogP contribution in [0.4, 0.5) is 0 Å². The summed E-state index contributed by atoms with van der Waals surface area (Å²) in [5.41, 5.74) is 2.56. The molecule has 86 valence electrons. The first-order chi connectivity index (χ1) is 8.36. The zero-order chi connectivity index (χ0) is 11.9. The van der Waals surface area contributed by atoms with Gasteiger partial charge in [-0.05, 0) is 18.1 Å². The predicted octanol–water partition coefficient (Wildman–Crippen LogP) is 4.06. The zero-order valence-corrected chi connectivity index (χ0v) is 10.1. The van der Waals surface area contributed by atoms with Crippen LogP contribution in [0, 0.1) is 0 Å². The third kappa shape index (κ3) is 3.56. The van der Waals surface area contributed by atoms with Crippen LogP contribution in [0.2, 0.25) is 0 Å². The first-order valence-corrected chi connectivity index (χ1v) is 5.97. The summed E-state index contributed by atoms with van der Waals surface area (Å²) < 4.78 is 0. The second-order valence-electron chi connectivity index (χ2n) is 4.11. The minimum Gasteiger partial charge on any atom is -0.289 e. The number of benzene rings is 2. The fourth-order valence-electron chi connectivity index (χ4n) is 1.75. The van der Waals surface area contributed by atoms with Crippen LogP contribution in [0.1, 0.15) is 24.1 Å². The second kappa shape index (κ2) is 6.00. The van der Waals surface area contributed by atoms with E-state index in [9.17, 15) is 0 Å². The summed E-state index contributed by atoms with van der Waals surface area (Å²) in [5.74, 6) is 0. The van der Waals surface area contributed by atoms with Crippen molar-refractivity contribution < 1.29 is 0 Å². The SMILES string of the molecule is CC(N=CCc1ccccc1)c1ccccc1. The minimum absolute atomic E-state index is 0.236. The van der Waals surface area contributed by atoms with Gasteiger partial charge in [0.2, 0.25) is 0 Å². The monoisotopic (exact) mass is 223 g/mol. The summed E-state index contributed by atoms with van der Waals surface area (Å²) in [6.45, 7) is 2.12. The van der Waals surface area contributed by atoms with Crippen molar-refractivity contribution in [3.05, 3.63) is 71.8 Å². The summed E-state index contributed by atoms with van der Waals surface area (Å²) in [6, 6.07) is 21.0. The Morgan fingerprint density at radius 3 is 2.18 bits per heavy atom. The van der Waals surface area contributed by atoms with Crippen molar-refractivity contribution in [2.75, 3.05) is 0 Å². The highest BCUT2D eigenvalue weighted by molar-refractivity contribution is 5.61. The summed E-state index contributed by atoms with van der Waals surface area (Å²) in [5, 5.41) is 0. The largest absolute Gasteiger partial charge is 0.289 e. The molecular formula is C16H17N. The molecule has 2 rings (SSSR count). The van der Waals surface area contributed by atoms with E-state index in [2.05, 4.69) is 60.4 Å². The average molecular weight is 223 g/mol. The van der Waals surface area contributed by atoms with Crippen molar-refractivity contribution >= 4 is 6.21 Å². The molecule has 1 unspecified atom stereocenters. The lowest BCUT2D eigenvalue weighted by Crippen LogP contribution is -1.91. The van der Waals surface area contributed by atoms with Gasteiger partial charge >= 0.3 is 0 Å². The first kappa shape index (κ1) is 11.6. The van der Waals surface area contributed by atoms with Crippen LogP contribution in [0.15, 0.2) is 65.7 Å². The molecule has 0 N–H and O–H groups in total. The maximum atomic E-state index is 4.56. The summed E-state index contributed by atoms with van der Waals surface area (Å²) >= 11 is 0. The van der Waals surface area contributed by atoms with Gasteiger partial charge in [0, 0.05) is 12.6 Å². The average Bonchev–Trinajstić information content (AvgIpc) is 2.41. The van der Waals surface area contributed by atoms with Crippen LogP contribution in [0.3, 0.4) is 0 Å². The van der Waals surface area contributed by atoms with E-state index in [4.69, 9.17) is 0 Å². The van der Waals surface area contributed by atoms with Gasteiger partial charge in [0.1, 0.15) is 0 Å². The predicted molar refractivity (Wildman–Crippen MR) is 73.5 cm³/mol. The maximum Gasteiger partial charge on any atom is 0.0717 e. The van der Waals surface area contributed by atoms with Crippen LogP contribution in [-0.4, -0.2) is 6.21 Å². The molecule has 0 heterocycles. The zero-order valence-electron chi connectivity index (χ0n) is 10.1. The third-order valence-electron chi connectivity index (χ3n) is 2.78. The molecule has 2 aromatic carbocycles. The molecule has 0 saturated carbocycles. The lowest BCUT2D eigenvalue weighted by Gasteiger charge is -2.05. The van der Waals surface area contributed by atoms with Gasteiger partial charge in [0.25, 0.3) is 0 Å². The van der Waals surface area contributed by atoms with Crippen molar-refractivity contribution in [1.82, 2.24) is 0 Å². The van der Waals surface area contributed by atoms with E-state index in [0.29, 0.717) is 0 Å². The van der Waals surface area contributed by atoms with Crippen LogP contribution >= 0.6 is 0 Å². The molecule has 1 heteroatoms. The highest BCUT2D eigenvalue weighted by Crippen LogP contribution is 2.15. The van der Waals surface area contributed by atoms with Gasteiger partial charge in [-0.15, -0.1) is 0 Å². The lowest BCUT2D eigenvalue weighted by molar-refractivity contribution is 0.822. The smallest absolute Gasteiger partial charge is 0.0717 e. The van der Waals surface area contributed by atoms with E-state index in [1.807, 2.05) is 18.3 Å². The Kier molecular flexibility index (Phi) is 4.09. The molecule has 0 fully saturated rings. The molecule has 0 aliphatic carbocycles. The van der Waals surface area contributed by atoms with Crippen LogP contribution in [-0.2, 0) is 6.42 Å². The molecule has 0 aromatic heterocycles. The maximum absolute atomic E-state index is 4.56. The first-order valence-electron chi connectivity index (χ1n) is 5.97. The summed E-state index contributed by atoms with van der Waals surface area (Å²) in [4.78, 5) is 4.56. The molecular weight excluding hydrogens is 206 g/mol. The lowest BCUT2D eigenvalue weighted by atomic mass is 10.1. The summed E-state index contributed by atoms with van der Waals surface area (Å²) in [6.07, 6.45) is 2.91. The Hall–Kier alpha value is -1.89. The molecule has 0 saturated heterocycles. The fourth-order valence-corrected chi connectivity index (χ4v) is 1.75. The Morgan fingerprint density at radius 1 is 0.941 bits per heavy atom. The normalized spacial score (nSPS) is 12.8. The van der Waals surface area contributed by atoms with Crippen molar-refractivity contribution in [2.24, 2.45) is 4.99 Å². The van der Waals surface area contributed by atoms with Crippen molar-refractivity contribution in [1.29, 1.82) is 0 Å². The Bertz CT molecular complexity index is 459. The Labute approximate surface area is 103 Å². The molecule has 0 aliphatic rings. The standard InChI is InChI=1S/C16H17N/c1-14(16-10-6-3-7-11-16)17-13-12-15-8-4-2-5-9-15/h2-11,13-14H,12H2,1H3. The quantitative estimate of drug-likeness (QED) is 0.693. The fraction of sp³-hybridized carbons (Fsp3) is 0.188. The number of rotatable bonds is 4. The number of hydrogen-bond donors (Lipinski definition) is 0. The Morgan fingerprint density at radius 2 is 1.53 bits per heavy atom. The summed E-state index contributed by atoms with van der Waals surface area (Å²) in [7, 11) is 0. The molecule has 0 radical (unpaired) electrons. The number of nitrogens with zero attached hydrogens (tertiary/aromatic N) is 1. The highest BCUT2D eigenvalue weighted by atomic mass is 14.7. The number of aliphatic imine (C=N–C) groups is 1. The van der Waals surface area contributed by atoms with E-state index in [1.165, 1.54) is 11.1 Å². The molecule has 1 atom stereocenters. The molecule has 0 spiro atoms.